The lowest BCUT2D eigenvalue weighted by atomic mass is 10.0. The first-order chi connectivity index (χ1) is 11.3. The van der Waals surface area contributed by atoms with E-state index in [0.29, 0.717) is 0 Å². The average molecular weight is 325 g/mol. The zero-order chi connectivity index (χ0) is 17.0. The van der Waals surface area contributed by atoms with Crippen LogP contribution < -0.4 is 11.1 Å². The van der Waals surface area contributed by atoms with E-state index in [0.717, 1.165) is 6.42 Å². The second kappa shape index (κ2) is 19.5. The van der Waals surface area contributed by atoms with E-state index < -0.39 is 0 Å². The monoisotopic (exact) mass is 324 g/mol. The van der Waals surface area contributed by atoms with Gasteiger partial charge in [-0.25, -0.2) is 0 Å². The number of allylic oxidation sites excluding steroid dienone is 1. The van der Waals surface area contributed by atoms with E-state index >= 15 is 0 Å². The Kier molecular flexibility index (Phi) is 19.1. The predicted octanol–water partition coefficient (Wildman–Crippen LogP) is 6.66. The summed E-state index contributed by atoms with van der Waals surface area (Å²) in [7, 11) is 0. The summed E-state index contributed by atoms with van der Waals surface area (Å²) in [4.78, 5) is 0. The molecule has 0 saturated heterocycles. The fraction of sp³-hybridized carbons (Fsp3) is 0.905. The summed E-state index contributed by atoms with van der Waals surface area (Å²) in [5.41, 5.74) is 5.78. The molecule has 1 unspecified atom stereocenters. The van der Waals surface area contributed by atoms with E-state index in [1.807, 2.05) is 6.20 Å². The number of hydrogen-bond donors (Lipinski definition) is 2. The standard InChI is InChI=1S/C21H44N2/c1-3-5-6-7-8-9-10-11-12-13-14-15-16-17-18-19-20-23-21(22)4-2/h19-21,23H,3-18,22H2,1-2H3. The largest absolute Gasteiger partial charge is 0.376 e. The van der Waals surface area contributed by atoms with Gasteiger partial charge >= 0.3 is 0 Å². The van der Waals surface area contributed by atoms with Gasteiger partial charge in [0.15, 0.2) is 0 Å². The molecule has 0 aliphatic heterocycles. The van der Waals surface area contributed by atoms with Crippen LogP contribution in [0.5, 0.6) is 0 Å². The minimum Gasteiger partial charge on any atom is -0.376 e. The summed E-state index contributed by atoms with van der Waals surface area (Å²) in [6, 6.07) is 0. The lowest BCUT2D eigenvalue weighted by Gasteiger charge is -2.07. The van der Waals surface area contributed by atoms with Gasteiger partial charge in [0.1, 0.15) is 0 Å². The molecule has 0 bridgehead atoms. The van der Waals surface area contributed by atoms with E-state index in [2.05, 4.69) is 25.2 Å². The van der Waals surface area contributed by atoms with Gasteiger partial charge < -0.3 is 11.1 Å². The van der Waals surface area contributed by atoms with Crippen LogP contribution in [0.1, 0.15) is 117 Å². The summed E-state index contributed by atoms with van der Waals surface area (Å²) in [5.74, 6) is 0. The summed E-state index contributed by atoms with van der Waals surface area (Å²) < 4.78 is 0. The first-order valence-corrected chi connectivity index (χ1v) is 10.5. The van der Waals surface area contributed by atoms with E-state index in [1.165, 1.54) is 96.3 Å². The van der Waals surface area contributed by atoms with Crippen molar-refractivity contribution in [2.24, 2.45) is 5.73 Å². The molecule has 0 aliphatic rings. The highest BCUT2D eigenvalue weighted by atomic mass is 15.0. The van der Waals surface area contributed by atoms with Gasteiger partial charge in [-0.05, 0) is 25.5 Å². The molecule has 0 aromatic heterocycles. The Morgan fingerprint density at radius 1 is 0.696 bits per heavy atom. The third-order valence-corrected chi connectivity index (χ3v) is 4.59. The normalized spacial score (nSPS) is 12.8. The van der Waals surface area contributed by atoms with Gasteiger partial charge in [-0.2, -0.15) is 0 Å². The van der Waals surface area contributed by atoms with Crippen molar-refractivity contribution in [3.63, 3.8) is 0 Å². The molecular weight excluding hydrogens is 280 g/mol. The molecule has 0 aliphatic carbocycles. The molecule has 0 aromatic rings. The minimum atomic E-state index is 0.114. The molecule has 0 saturated carbocycles. The Balaban J connectivity index is 3.05. The van der Waals surface area contributed by atoms with Crippen molar-refractivity contribution in [3.05, 3.63) is 12.3 Å². The van der Waals surface area contributed by atoms with Crippen molar-refractivity contribution in [3.8, 4) is 0 Å². The Hall–Kier alpha value is -0.500. The SMILES string of the molecule is CCCCCCCCCCCCCCCCC=CNC(N)CC. The molecule has 0 fully saturated rings. The molecule has 2 nitrogen and oxygen atoms in total. The average Bonchev–Trinajstić information content (AvgIpc) is 2.57. The van der Waals surface area contributed by atoms with Gasteiger partial charge in [0, 0.05) is 0 Å². The van der Waals surface area contributed by atoms with Crippen molar-refractivity contribution in [1.82, 2.24) is 5.32 Å². The van der Waals surface area contributed by atoms with Crippen LogP contribution in [0.15, 0.2) is 12.3 Å². The molecule has 0 radical (unpaired) electrons. The smallest absolute Gasteiger partial charge is 0.0735 e. The first kappa shape index (κ1) is 22.5. The Labute approximate surface area is 146 Å². The number of unbranched alkanes of at least 4 members (excludes halogenated alkanes) is 14. The first-order valence-electron chi connectivity index (χ1n) is 10.5. The van der Waals surface area contributed by atoms with Crippen molar-refractivity contribution < 1.29 is 0 Å². The Morgan fingerprint density at radius 3 is 1.57 bits per heavy atom. The topological polar surface area (TPSA) is 38.0 Å². The molecule has 3 N–H and O–H groups in total. The van der Waals surface area contributed by atoms with Gasteiger partial charge in [-0.3, -0.25) is 0 Å². The van der Waals surface area contributed by atoms with Crippen LogP contribution in [0.25, 0.3) is 0 Å². The fourth-order valence-corrected chi connectivity index (χ4v) is 2.85. The lowest BCUT2D eigenvalue weighted by Crippen LogP contribution is -2.32. The summed E-state index contributed by atoms with van der Waals surface area (Å²) in [5, 5.41) is 3.18. The van der Waals surface area contributed by atoms with Crippen LogP contribution in [0.3, 0.4) is 0 Å². The second-order valence-corrected chi connectivity index (χ2v) is 6.97. The molecule has 23 heavy (non-hydrogen) atoms. The van der Waals surface area contributed by atoms with E-state index in [9.17, 15) is 0 Å². The minimum absolute atomic E-state index is 0.114. The molecule has 0 rings (SSSR count). The molecule has 0 amide bonds. The highest BCUT2D eigenvalue weighted by Gasteiger charge is 1.94. The van der Waals surface area contributed by atoms with E-state index in [-0.39, 0.29) is 6.17 Å². The number of nitrogens with one attached hydrogen (secondary N) is 1. The molecule has 0 spiro atoms. The van der Waals surface area contributed by atoms with Crippen LogP contribution in [0, 0.1) is 0 Å². The number of nitrogens with two attached hydrogens (primary N) is 1. The zero-order valence-electron chi connectivity index (χ0n) is 16.1. The molecule has 0 heterocycles. The third-order valence-electron chi connectivity index (χ3n) is 4.59. The maximum absolute atomic E-state index is 5.78. The van der Waals surface area contributed by atoms with Gasteiger partial charge in [0.05, 0.1) is 6.17 Å². The van der Waals surface area contributed by atoms with Gasteiger partial charge in [0.2, 0.25) is 0 Å². The van der Waals surface area contributed by atoms with Gasteiger partial charge in [-0.15, -0.1) is 0 Å². The maximum atomic E-state index is 5.78. The van der Waals surface area contributed by atoms with Crippen molar-refractivity contribution in [2.45, 2.75) is 123 Å². The second-order valence-electron chi connectivity index (χ2n) is 6.97. The van der Waals surface area contributed by atoms with E-state index in [4.69, 9.17) is 5.73 Å². The summed E-state index contributed by atoms with van der Waals surface area (Å²) in [6.45, 7) is 4.39. The highest BCUT2D eigenvalue weighted by Crippen LogP contribution is 2.13. The van der Waals surface area contributed by atoms with Crippen LogP contribution in [0.2, 0.25) is 0 Å². The molecule has 0 aromatic carbocycles. The third kappa shape index (κ3) is 19.5. The Bertz CT molecular complexity index is 238. The maximum Gasteiger partial charge on any atom is 0.0735 e. The van der Waals surface area contributed by atoms with Crippen LogP contribution in [-0.2, 0) is 0 Å². The lowest BCUT2D eigenvalue weighted by molar-refractivity contribution is 0.536. The Morgan fingerprint density at radius 2 is 1.13 bits per heavy atom. The molecular formula is C21H44N2. The van der Waals surface area contributed by atoms with Gasteiger partial charge in [-0.1, -0.05) is 103 Å². The molecule has 2 heteroatoms. The van der Waals surface area contributed by atoms with Crippen LogP contribution in [0.4, 0.5) is 0 Å². The van der Waals surface area contributed by atoms with Crippen molar-refractivity contribution in [1.29, 1.82) is 0 Å². The number of hydrogen-bond acceptors (Lipinski definition) is 2. The van der Waals surface area contributed by atoms with Gasteiger partial charge in [0.25, 0.3) is 0 Å². The van der Waals surface area contributed by atoms with Crippen molar-refractivity contribution >= 4 is 0 Å². The number of rotatable bonds is 18. The molecule has 1 atom stereocenters. The highest BCUT2D eigenvalue weighted by molar-refractivity contribution is 4.80. The molecule has 138 valence electrons. The summed E-state index contributed by atoms with van der Waals surface area (Å²) in [6.07, 6.45) is 26.5. The summed E-state index contributed by atoms with van der Waals surface area (Å²) >= 11 is 0. The quantitative estimate of drug-likeness (QED) is 0.219. The van der Waals surface area contributed by atoms with Crippen LogP contribution in [-0.4, -0.2) is 6.17 Å². The predicted molar refractivity (Wildman–Crippen MR) is 105 cm³/mol. The fourth-order valence-electron chi connectivity index (χ4n) is 2.85. The zero-order valence-corrected chi connectivity index (χ0v) is 16.1. The van der Waals surface area contributed by atoms with E-state index in [1.54, 1.807) is 0 Å². The van der Waals surface area contributed by atoms with Crippen molar-refractivity contribution in [2.75, 3.05) is 0 Å². The van der Waals surface area contributed by atoms with Crippen LogP contribution >= 0.6 is 0 Å².